The van der Waals surface area contributed by atoms with Crippen molar-refractivity contribution in [2.75, 3.05) is 19.5 Å². The topological polar surface area (TPSA) is 73.6 Å². The van der Waals surface area contributed by atoms with Gasteiger partial charge in [-0.2, -0.15) is 19.6 Å². The van der Waals surface area contributed by atoms with Crippen molar-refractivity contribution in [1.29, 1.82) is 0 Å². The predicted molar refractivity (Wildman–Crippen MR) is 92.6 cm³/mol. The van der Waals surface area contributed by atoms with E-state index in [0.29, 0.717) is 5.82 Å². The zero-order valence-electron chi connectivity index (χ0n) is 14.9. The molecule has 1 aromatic carbocycles. The van der Waals surface area contributed by atoms with Crippen molar-refractivity contribution >= 4 is 11.6 Å². The van der Waals surface area contributed by atoms with Crippen molar-refractivity contribution in [1.82, 2.24) is 19.6 Å². The number of fused-ring (bicyclic) bond motifs is 1. The highest BCUT2D eigenvalue weighted by Gasteiger charge is 2.24. The SMILES string of the molecule is CCC(C)Nc1c(-c2cc(F)c(OC)cc2F)c(OC)nc2ncnn12. The summed E-state index contributed by atoms with van der Waals surface area (Å²) in [6.45, 7) is 3.96. The van der Waals surface area contributed by atoms with Crippen molar-refractivity contribution < 1.29 is 18.3 Å². The smallest absolute Gasteiger partial charge is 0.257 e. The van der Waals surface area contributed by atoms with E-state index in [-0.39, 0.29) is 34.6 Å². The molecule has 7 nitrogen and oxygen atoms in total. The number of hydrogen-bond donors (Lipinski definition) is 1. The third kappa shape index (κ3) is 3.00. The number of halogens is 2. The third-order valence-corrected chi connectivity index (χ3v) is 4.09. The van der Waals surface area contributed by atoms with Gasteiger partial charge >= 0.3 is 0 Å². The van der Waals surface area contributed by atoms with E-state index < -0.39 is 11.6 Å². The molecule has 1 N–H and O–H groups in total. The van der Waals surface area contributed by atoms with Crippen LogP contribution in [0.2, 0.25) is 0 Å². The van der Waals surface area contributed by atoms with Crippen LogP contribution in [0.4, 0.5) is 14.6 Å². The minimum Gasteiger partial charge on any atom is -0.494 e. The summed E-state index contributed by atoms with van der Waals surface area (Å²) in [5.74, 6) is -0.738. The van der Waals surface area contributed by atoms with Crippen LogP contribution >= 0.6 is 0 Å². The fourth-order valence-corrected chi connectivity index (χ4v) is 2.56. The monoisotopic (exact) mass is 363 g/mol. The van der Waals surface area contributed by atoms with Gasteiger partial charge < -0.3 is 14.8 Å². The summed E-state index contributed by atoms with van der Waals surface area (Å²) in [4.78, 5) is 8.30. The summed E-state index contributed by atoms with van der Waals surface area (Å²) in [6.07, 6.45) is 2.14. The summed E-state index contributed by atoms with van der Waals surface area (Å²) in [5.41, 5.74) is 0.237. The first-order valence-corrected chi connectivity index (χ1v) is 8.07. The van der Waals surface area contributed by atoms with E-state index in [1.807, 2.05) is 13.8 Å². The van der Waals surface area contributed by atoms with Crippen molar-refractivity contribution in [3.8, 4) is 22.8 Å². The van der Waals surface area contributed by atoms with Crippen LogP contribution in [0.25, 0.3) is 16.9 Å². The van der Waals surface area contributed by atoms with Crippen LogP contribution in [0, 0.1) is 11.6 Å². The molecule has 0 radical (unpaired) electrons. The molecule has 0 aliphatic rings. The van der Waals surface area contributed by atoms with E-state index in [4.69, 9.17) is 9.47 Å². The van der Waals surface area contributed by atoms with Crippen LogP contribution in [0.15, 0.2) is 18.5 Å². The fourth-order valence-electron chi connectivity index (χ4n) is 2.56. The fraction of sp³-hybridized carbons (Fsp3) is 0.353. The molecule has 0 amide bonds. The molecule has 138 valence electrons. The zero-order chi connectivity index (χ0) is 18.8. The Labute approximate surface area is 149 Å². The lowest BCUT2D eigenvalue weighted by molar-refractivity contribution is 0.382. The Morgan fingerprint density at radius 1 is 1.19 bits per heavy atom. The lowest BCUT2D eigenvalue weighted by atomic mass is 10.1. The Bertz CT molecular complexity index is 945. The first-order valence-electron chi connectivity index (χ1n) is 8.07. The van der Waals surface area contributed by atoms with Crippen LogP contribution < -0.4 is 14.8 Å². The number of aromatic nitrogens is 4. The molecule has 1 atom stereocenters. The van der Waals surface area contributed by atoms with Gasteiger partial charge in [0.2, 0.25) is 5.88 Å². The third-order valence-electron chi connectivity index (χ3n) is 4.09. The van der Waals surface area contributed by atoms with Gasteiger partial charge in [0.25, 0.3) is 5.78 Å². The van der Waals surface area contributed by atoms with Gasteiger partial charge in [0.1, 0.15) is 18.0 Å². The first-order chi connectivity index (χ1) is 12.5. The summed E-state index contributed by atoms with van der Waals surface area (Å²) >= 11 is 0. The normalized spacial score (nSPS) is 12.2. The molecule has 2 heterocycles. The zero-order valence-corrected chi connectivity index (χ0v) is 14.9. The molecule has 0 bridgehead atoms. The number of hydrogen-bond acceptors (Lipinski definition) is 6. The van der Waals surface area contributed by atoms with Crippen molar-refractivity contribution in [2.24, 2.45) is 0 Å². The highest BCUT2D eigenvalue weighted by molar-refractivity contribution is 5.82. The molecule has 26 heavy (non-hydrogen) atoms. The predicted octanol–water partition coefficient (Wildman–Crippen LogP) is 3.30. The minimum atomic E-state index is -0.695. The average molecular weight is 363 g/mol. The van der Waals surface area contributed by atoms with Crippen LogP contribution in [0.5, 0.6) is 11.6 Å². The highest BCUT2D eigenvalue weighted by atomic mass is 19.1. The largest absolute Gasteiger partial charge is 0.494 e. The van der Waals surface area contributed by atoms with E-state index in [0.717, 1.165) is 18.6 Å². The number of ether oxygens (including phenoxy) is 2. The summed E-state index contributed by atoms with van der Waals surface area (Å²) < 4.78 is 40.6. The van der Waals surface area contributed by atoms with Crippen molar-refractivity contribution in [3.63, 3.8) is 0 Å². The molecule has 0 spiro atoms. The van der Waals surface area contributed by atoms with Crippen molar-refractivity contribution in [3.05, 3.63) is 30.1 Å². The van der Waals surface area contributed by atoms with E-state index in [2.05, 4.69) is 20.4 Å². The number of methoxy groups -OCH3 is 2. The molecule has 0 saturated heterocycles. The van der Waals surface area contributed by atoms with E-state index >= 15 is 0 Å². The molecule has 3 rings (SSSR count). The molecule has 0 aliphatic carbocycles. The lowest BCUT2D eigenvalue weighted by Crippen LogP contribution is -2.18. The second kappa shape index (κ2) is 7.11. The number of rotatable bonds is 6. The molecule has 0 fully saturated rings. The number of nitrogens with zero attached hydrogens (tertiary/aromatic N) is 4. The maximum Gasteiger partial charge on any atom is 0.257 e. The van der Waals surface area contributed by atoms with Crippen LogP contribution in [0.3, 0.4) is 0 Å². The van der Waals surface area contributed by atoms with Gasteiger partial charge in [-0.05, 0) is 19.4 Å². The van der Waals surface area contributed by atoms with Gasteiger partial charge in [-0.3, -0.25) is 0 Å². The second-order valence-electron chi connectivity index (χ2n) is 5.74. The van der Waals surface area contributed by atoms with Gasteiger partial charge in [-0.1, -0.05) is 6.92 Å². The van der Waals surface area contributed by atoms with Crippen molar-refractivity contribution in [2.45, 2.75) is 26.3 Å². The highest BCUT2D eigenvalue weighted by Crippen LogP contribution is 2.39. The Morgan fingerprint density at radius 2 is 1.96 bits per heavy atom. The molecular formula is C17H19F2N5O2. The van der Waals surface area contributed by atoms with E-state index in [9.17, 15) is 8.78 Å². The van der Waals surface area contributed by atoms with Gasteiger partial charge in [0.05, 0.1) is 19.8 Å². The van der Waals surface area contributed by atoms with E-state index in [1.54, 1.807) is 0 Å². The molecule has 0 saturated carbocycles. The maximum absolute atomic E-state index is 14.7. The summed E-state index contributed by atoms with van der Waals surface area (Å²) in [6, 6.07) is 2.08. The Hall–Kier alpha value is -2.97. The molecule has 1 unspecified atom stereocenters. The Balaban J connectivity index is 2.33. The first kappa shape index (κ1) is 17.8. The van der Waals surface area contributed by atoms with Crippen LogP contribution in [-0.4, -0.2) is 39.8 Å². The number of anilines is 1. The van der Waals surface area contributed by atoms with Crippen LogP contribution in [0.1, 0.15) is 20.3 Å². The quantitative estimate of drug-likeness (QED) is 0.724. The second-order valence-corrected chi connectivity index (χ2v) is 5.74. The standard InChI is InChI=1S/C17H19F2N5O2/c1-5-9(2)22-15-14(10-6-12(19)13(25-3)7-11(10)18)16(26-4)23-17-20-8-21-24(15)17/h6-9,22H,5H2,1-4H3. The molecule has 0 aliphatic heterocycles. The Kier molecular flexibility index (Phi) is 4.88. The van der Waals surface area contributed by atoms with Gasteiger partial charge in [0.15, 0.2) is 11.6 Å². The van der Waals surface area contributed by atoms with Crippen LogP contribution in [-0.2, 0) is 0 Å². The lowest BCUT2D eigenvalue weighted by Gasteiger charge is -2.19. The Morgan fingerprint density at radius 3 is 2.62 bits per heavy atom. The average Bonchev–Trinajstić information content (AvgIpc) is 3.11. The van der Waals surface area contributed by atoms with Gasteiger partial charge in [-0.25, -0.2) is 8.78 Å². The van der Waals surface area contributed by atoms with Gasteiger partial charge in [0, 0.05) is 17.7 Å². The number of nitrogens with one attached hydrogen (secondary N) is 1. The molecule has 9 heteroatoms. The van der Waals surface area contributed by atoms with Gasteiger partial charge in [-0.15, -0.1) is 0 Å². The van der Waals surface area contributed by atoms with E-state index in [1.165, 1.54) is 25.1 Å². The number of benzene rings is 1. The molecule has 2 aromatic heterocycles. The minimum absolute atomic E-state index is 0.0177. The summed E-state index contributed by atoms with van der Waals surface area (Å²) in [5, 5.41) is 7.40. The molecule has 3 aromatic rings. The maximum atomic E-state index is 14.7. The summed E-state index contributed by atoms with van der Waals surface area (Å²) in [7, 11) is 2.68. The molecular weight excluding hydrogens is 344 g/mol.